The molecular formula is C21H25N3O2. The van der Waals surface area contributed by atoms with Gasteiger partial charge in [-0.05, 0) is 18.4 Å². The summed E-state index contributed by atoms with van der Waals surface area (Å²) in [4.78, 5) is 18.5. The summed E-state index contributed by atoms with van der Waals surface area (Å²) in [5.41, 5.74) is 1.59. The van der Waals surface area contributed by atoms with E-state index in [1.165, 1.54) is 0 Å². The summed E-state index contributed by atoms with van der Waals surface area (Å²) in [6, 6.07) is 9.44. The molecule has 0 fully saturated rings. The van der Waals surface area contributed by atoms with Crippen molar-refractivity contribution < 1.29 is 9.90 Å². The monoisotopic (exact) mass is 351 g/mol. The van der Waals surface area contributed by atoms with Crippen LogP contribution in [0.4, 0.5) is 0 Å². The number of aliphatic hydroxyl groups is 1. The van der Waals surface area contributed by atoms with E-state index < -0.39 is 0 Å². The molecule has 1 aliphatic rings. The molecular weight excluding hydrogens is 326 g/mol. The van der Waals surface area contributed by atoms with E-state index in [0.29, 0.717) is 12.1 Å². The number of unbranched alkanes of at least 4 members (excludes halogenated alkanes) is 1. The average Bonchev–Trinajstić information content (AvgIpc) is 3.25. The molecule has 1 amide bonds. The van der Waals surface area contributed by atoms with Crippen LogP contribution in [-0.2, 0) is 11.3 Å². The fourth-order valence-corrected chi connectivity index (χ4v) is 3.27. The van der Waals surface area contributed by atoms with Crippen molar-refractivity contribution in [1.82, 2.24) is 14.5 Å². The minimum Gasteiger partial charge on any atom is -0.503 e. The van der Waals surface area contributed by atoms with Gasteiger partial charge in [0.1, 0.15) is 0 Å². The Morgan fingerprint density at radius 2 is 2.04 bits per heavy atom. The minimum atomic E-state index is -0.291. The molecule has 1 N–H and O–H groups in total. The van der Waals surface area contributed by atoms with Crippen LogP contribution in [0.3, 0.4) is 0 Å². The van der Waals surface area contributed by atoms with Crippen LogP contribution in [0.5, 0.6) is 0 Å². The third kappa shape index (κ3) is 3.87. The van der Waals surface area contributed by atoms with Crippen molar-refractivity contribution in [3.63, 3.8) is 0 Å². The molecule has 5 nitrogen and oxygen atoms in total. The number of hydrogen-bond acceptors (Lipinski definition) is 3. The van der Waals surface area contributed by atoms with E-state index in [1.54, 1.807) is 17.4 Å². The molecule has 0 saturated carbocycles. The molecule has 0 aliphatic carbocycles. The predicted molar refractivity (Wildman–Crippen MR) is 102 cm³/mol. The van der Waals surface area contributed by atoms with Gasteiger partial charge in [-0.15, -0.1) is 0 Å². The number of imidazole rings is 1. The molecule has 3 rings (SSSR count). The predicted octanol–water partition coefficient (Wildman–Crippen LogP) is 3.81. The number of amides is 1. The SMILES string of the molecule is CCC/C=C/C1C(c2ccccc2)=C(O)C(=O)N1CCCn1ccnc1. The van der Waals surface area contributed by atoms with Gasteiger partial charge in [0, 0.05) is 31.1 Å². The zero-order valence-electron chi connectivity index (χ0n) is 15.1. The van der Waals surface area contributed by atoms with Crippen molar-refractivity contribution in [3.8, 4) is 0 Å². The van der Waals surface area contributed by atoms with Gasteiger partial charge in [0.25, 0.3) is 5.91 Å². The largest absolute Gasteiger partial charge is 0.503 e. The molecule has 1 unspecified atom stereocenters. The van der Waals surface area contributed by atoms with Crippen LogP contribution in [0.1, 0.15) is 31.7 Å². The first-order valence-corrected chi connectivity index (χ1v) is 9.14. The number of aliphatic hydroxyl groups excluding tert-OH is 1. The molecule has 136 valence electrons. The molecule has 1 aromatic carbocycles. The van der Waals surface area contributed by atoms with Crippen molar-refractivity contribution >= 4 is 11.5 Å². The molecule has 26 heavy (non-hydrogen) atoms. The maximum atomic E-state index is 12.7. The van der Waals surface area contributed by atoms with Crippen LogP contribution in [0.2, 0.25) is 0 Å². The quantitative estimate of drug-likeness (QED) is 0.736. The number of benzene rings is 1. The topological polar surface area (TPSA) is 58.4 Å². The fraction of sp³-hybridized carbons (Fsp3) is 0.333. The summed E-state index contributed by atoms with van der Waals surface area (Å²) in [6.07, 6.45) is 12.4. The summed E-state index contributed by atoms with van der Waals surface area (Å²) in [6.45, 7) is 3.49. The molecule has 1 aromatic heterocycles. The molecule has 1 aliphatic heterocycles. The Balaban J connectivity index is 1.80. The van der Waals surface area contributed by atoms with E-state index in [2.05, 4.69) is 18.0 Å². The second-order valence-corrected chi connectivity index (χ2v) is 6.44. The molecule has 5 heteroatoms. The second kappa shape index (κ2) is 8.52. The standard InChI is InChI=1S/C21H25N3O2/c1-2-3-5-11-18-19(17-9-6-4-7-10-17)20(25)21(26)24(18)14-8-13-23-15-12-22-16-23/h4-7,9-12,15-16,18,25H,2-3,8,13-14H2,1H3/b11-5+. The maximum absolute atomic E-state index is 12.7. The van der Waals surface area contributed by atoms with Gasteiger partial charge in [-0.25, -0.2) is 4.98 Å². The Morgan fingerprint density at radius 3 is 2.73 bits per heavy atom. The maximum Gasteiger partial charge on any atom is 0.289 e. The minimum absolute atomic E-state index is 0.134. The first-order chi connectivity index (χ1) is 12.7. The van der Waals surface area contributed by atoms with Gasteiger partial charge in [0.05, 0.1) is 12.4 Å². The lowest BCUT2D eigenvalue weighted by Crippen LogP contribution is -2.35. The Kier molecular flexibility index (Phi) is 5.89. The number of allylic oxidation sites excluding steroid dienone is 1. The number of carbonyl (C=O) groups is 1. The fourth-order valence-electron chi connectivity index (χ4n) is 3.27. The highest BCUT2D eigenvalue weighted by Gasteiger charge is 2.38. The van der Waals surface area contributed by atoms with Crippen LogP contribution in [-0.4, -0.2) is 38.1 Å². The first-order valence-electron chi connectivity index (χ1n) is 9.14. The van der Waals surface area contributed by atoms with Crippen molar-refractivity contribution in [2.24, 2.45) is 0 Å². The lowest BCUT2D eigenvalue weighted by Gasteiger charge is -2.24. The summed E-state index contributed by atoms with van der Waals surface area (Å²) in [7, 11) is 0. The Hall–Kier alpha value is -2.82. The summed E-state index contributed by atoms with van der Waals surface area (Å²) < 4.78 is 1.99. The summed E-state index contributed by atoms with van der Waals surface area (Å²) >= 11 is 0. The van der Waals surface area contributed by atoms with Crippen LogP contribution < -0.4 is 0 Å². The van der Waals surface area contributed by atoms with Crippen molar-refractivity contribution in [2.75, 3.05) is 6.54 Å². The second-order valence-electron chi connectivity index (χ2n) is 6.44. The highest BCUT2D eigenvalue weighted by molar-refractivity contribution is 6.05. The van der Waals surface area contributed by atoms with Gasteiger partial charge < -0.3 is 14.6 Å². The number of aryl methyl sites for hydroxylation is 1. The molecule has 2 aromatic rings. The molecule has 0 bridgehead atoms. The number of carbonyl (C=O) groups excluding carboxylic acids is 1. The van der Waals surface area contributed by atoms with Gasteiger partial charge in [-0.1, -0.05) is 55.8 Å². The Morgan fingerprint density at radius 1 is 1.23 bits per heavy atom. The van der Waals surface area contributed by atoms with E-state index in [1.807, 2.05) is 47.2 Å². The highest BCUT2D eigenvalue weighted by Crippen LogP contribution is 2.33. The normalized spacial score (nSPS) is 17.7. The van der Waals surface area contributed by atoms with E-state index in [0.717, 1.165) is 31.4 Å². The third-order valence-electron chi connectivity index (χ3n) is 4.58. The van der Waals surface area contributed by atoms with E-state index in [4.69, 9.17) is 0 Å². The van der Waals surface area contributed by atoms with Crippen molar-refractivity contribution in [1.29, 1.82) is 0 Å². The van der Waals surface area contributed by atoms with Crippen LogP contribution >= 0.6 is 0 Å². The molecule has 0 radical (unpaired) electrons. The van der Waals surface area contributed by atoms with Crippen molar-refractivity contribution in [2.45, 2.75) is 38.8 Å². The Bertz CT molecular complexity index is 779. The van der Waals surface area contributed by atoms with Crippen molar-refractivity contribution in [3.05, 3.63) is 72.5 Å². The van der Waals surface area contributed by atoms with Gasteiger partial charge >= 0.3 is 0 Å². The van der Waals surface area contributed by atoms with E-state index in [-0.39, 0.29) is 17.7 Å². The van der Waals surface area contributed by atoms with Gasteiger partial charge in [-0.3, -0.25) is 4.79 Å². The first kappa shape index (κ1) is 18.0. The summed E-state index contributed by atoms with van der Waals surface area (Å²) in [5.74, 6) is -0.425. The number of hydrogen-bond donors (Lipinski definition) is 1. The average molecular weight is 351 g/mol. The number of rotatable bonds is 8. The zero-order chi connectivity index (χ0) is 18.4. The lowest BCUT2D eigenvalue weighted by molar-refractivity contribution is -0.128. The smallest absolute Gasteiger partial charge is 0.289 e. The third-order valence-corrected chi connectivity index (χ3v) is 4.58. The summed E-state index contributed by atoms with van der Waals surface area (Å²) in [5, 5.41) is 10.5. The molecule has 0 spiro atoms. The van der Waals surface area contributed by atoms with Crippen LogP contribution in [0.15, 0.2) is 67.0 Å². The number of aromatic nitrogens is 2. The van der Waals surface area contributed by atoms with E-state index >= 15 is 0 Å². The molecule has 0 saturated heterocycles. The highest BCUT2D eigenvalue weighted by atomic mass is 16.3. The van der Waals surface area contributed by atoms with Crippen LogP contribution in [0.25, 0.3) is 5.57 Å². The van der Waals surface area contributed by atoms with Gasteiger partial charge in [0.2, 0.25) is 0 Å². The van der Waals surface area contributed by atoms with E-state index in [9.17, 15) is 9.90 Å². The molecule has 2 heterocycles. The van der Waals surface area contributed by atoms with Gasteiger partial charge in [-0.2, -0.15) is 0 Å². The van der Waals surface area contributed by atoms with Gasteiger partial charge in [0.15, 0.2) is 5.76 Å². The number of nitrogens with zero attached hydrogens (tertiary/aromatic N) is 3. The lowest BCUT2D eigenvalue weighted by atomic mass is 9.98. The zero-order valence-corrected chi connectivity index (χ0v) is 15.1. The molecule has 1 atom stereocenters. The Labute approximate surface area is 154 Å². The van der Waals surface area contributed by atoms with Crippen LogP contribution in [0, 0.1) is 0 Å².